The van der Waals surface area contributed by atoms with Crippen LogP contribution >= 0.6 is 23.4 Å². The molecule has 1 heterocycles. The number of aromatic nitrogens is 2. The van der Waals surface area contributed by atoms with Crippen LogP contribution in [0.4, 0.5) is 0 Å². The predicted molar refractivity (Wildman–Crippen MR) is 108 cm³/mol. The van der Waals surface area contributed by atoms with E-state index >= 15 is 0 Å². The molecule has 0 aliphatic heterocycles. The van der Waals surface area contributed by atoms with Crippen LogP contribution < -0.4 is 5.32 Å². The lowest BCUT2D eigenvalue weighted by molar-refractivity contribution is -0.119. The molecule has 5 nitrogen and oxygen atoms in total. The largest absolute Gasteiger partial charge is 0.411 e. The zero-order chi connectivity index (χ0) is 19.4. The van der Waals surface area contributed by atoms with Gasteiger partial charge in [0.2, 0.25) is 11.8 Å². The highest BCUT2D eigenvalue weighted by Crippen LogP contribution is 2.24. The van der Waals surface area contributed by atoms with Crippen LogP contribution in [0.1, 0.15) is 29.7 Å². The zero-order valence-corrected chi connectivity index (χ0v) is 16.9. The molecule has 3 aromatic rings. The first-order valence-electron chi connectivity index (χ1n) is 8.51. The second kappa shape index (κ2) is 8.59. The summed E-state index contributed by atoms with van der Waals surface area (Å²) in [6.07, 6.45) is 0. The minimum absolute atomic E-state index is 0.0651. The highest BCUT2D eigenvalue weighted by Gasteiger charge is 2.14. The van der Waals surface area contributed by atoms with Crippen molar-refractivity contribution in [2.45, 2.75) is 32.0 Å². The summed E-state index contributed by atoms with van der Waals surface area (Å²) in [4.78, 5) is 12.2. The van der Waals surface area contributed by atoms with Gasteiger partial charge in [0.1, 0.15) is 0 Å². The van der Waals surface area contributed by atoms with Crippen LogP contribution in [0, 0.1) is 13.8 Å². The maximum absolute atomic E-state index is 12.2. The number of hydrogen-bond acceptors (Lipinski definition) is 5. The Bertz CT molecular complexity index is 941. The van der Waals surface area contributed by atoms with E-state index < -0.39 is 0 Å². The second-order valence-electron chi connectivity index (χ2n) is 6.30. The van der Waals surface area contributed by atoms with E-state index in [1.165, 1.54) is 22.9 Å². The lowest BCUT2D eigenvalue weighted by atomic mass is 10.0. The molecule has 7 heteroatoms. The standard InChI is InChI=1S/C20H20ClN3O2S/c1-12-4-5-16(10-13(12)2)14(3)22-18(25)11-27-20-24-23-19(26-20)15-6-8-17(21)9-7-15/h4-10,14H,11H2,1-3H3,(H,22,25)/t14-/m1/s1. The molecule has 0 aliphatic carbocycles. The number of aryl methyl sites for hydroxylation is 2. The summed E-state index contributed by atoms with van der Waals surface area (Å²) in [6, 6.07) is 13.3. The summed E-state index contributed by atoms with van der Waals surface area (Å²) in [5, 5.41) is 12.0. The first-order valence-corrected chi connectivity index (χ1v) is 9.87. The van der Waals surface area contributed by atoms with Gasteiger partial charge >= 0.3 is 0 Å². The first kappa shape index (κ1) is 19.5. The van der Waals surface area contributed by atoms with Crippen LogP contribution in [0.15, 0.2) is 52.1 Å². The topological polar surface area (TPSA) is 68.0 Å². The molecule has 0 spiro atoms. The predicted octanol–water partition coefficient (Wildman–Crippen LogP) is 4.98. The number of benzene rings is 2. The Kier molecular flexibility index (Phi) is 6.19. The van der Waals surface area contributed by atoms with Gasteiger partial charge in [-0.15, -0.1) is 10.2 Å². The minimum atomic E-state index is -0.0861. The molecule has 1 aromatic heterocycles. The number of nitrogens with one attached hydrogen (secondary N) is 1. The highest BCUT2D eigenvalue weighted by atomic mass is 35.5. The number of amides is 1. The molecule has 3 rings (SSSR count). The molecule has 1 N–H and O–H groups in total. The first-order chi connectivity index (χ1) is 12.9. The van der Waals surface area contributed by atoms with Gasteiger partial charge in [0.25, 0.3) is 5.22 Å². The van der Waals surface area contributed by atoms with Crippen LogP contribution in [0.5, 0.6) is 0 Å². The summed E-state index contributed by atoms with van der Waals surface area (Å²) >= 11 is 7.09. The smallest absolute Gasteiger partial charge is 0.277 e. The molecule has 1 amide bonds. The Balaban J connectivity index is 1.54. The summed E-state index contributed by atoms with van der Waals surface area (Å²) in [5.74, 6) is 0.521. The van der Waals surface area contributed by atoms with Crippen LogP contribution in [0.2, 0.25) is 5.02 Å². The monoisotopic (exact) mass is 401 g/mol. The lowest BCUT2D eigenvalue weighted by Crippen LogP contribution is -2.28. The summed E-state index contributed by atoms with van der Waals surface area (Å²) < 4.78 is 5.60. The SMILES string of the molecule is Cc1ccc([C@@H](C)NC(=O)CSc2nnc(-c3ccc(Cl)cc3)o2)cc1C. The van der Waals surface area contributed by atoms with E-state index in [1.54, 1.807) is 12.1 Å². The van der Waals surface area contributed by atoms with E-state index in [0.29, 0.717) is 16.1 Å². The van der Waals surface area contributed by atoms with Crippen molar-refractivity contribution in [1.29, 1.82) is 0 Å². The van der Waals surface area contributed by atoms with Crippen molar-refractivity contribution in [2.24, 2.45) is 0 Å². The van der Waals surface area contributed by atoms with Crippen molar-refractivity contribution in [1.82, 2.24) is 15.5 Å². The number of thioether (sulfide) groups is 1. The second-order valence-corrected chi connectivity index (χ2v) is 7.66. The van der Waals surface area contributed by atoms with Gasteiger partial charge in [-0.1, -0.05) is 41.6 Å². The van der Waals surface area contributed by atoms with E-state index in [9.17, 15) is 4.79 Å². The van der Waals surface area contributed by atoms with Crippen LogP contribution in [-0.4, -0.2) is 21.9 Å². The molecule has 0 fully saturated rings. The van der Waals surface area contributed by atoms with Crippen LogP contribution in [0.25, 0.3) is 11.5 Å². The number of carbonyl (C=O) groups is 1. The van der Waals surface area contributed by atoms with Crippen molar-refractivity contribution < 1.29 is 9.21 Å². The number of hydrogen-bond donors (Lipinski definition) is 1. The Morgan fingerprint density at radius 3 is 2.59 bits per heavy atom. The Labute approximate surface area is 167 Å². The highest BCUT2D eigenvalue weighted by molar-refractivity contribution is 7.99. The Morgan fingerprint density at radius 2 is 1.89 bits per heavy atom. The van der Waals surface area contributed by atoms with Gasteiger partial charge in [-0.05, 0) is 61.7 Å². The average molecular weight is 402 g/mol. The Morgan fingerprint density at radius 1 is 1.15 bits per heavy atom. The zero-order valence-electron chi connectivity index (χ0n) is 15.3. The van der Waals surface area contributed by atoms with E-state index in [1.807, 2.05) is 25.1 Å². The van der Waals surface area contributed by atoms with E-state index in [0.717, 1.165) is 11.1 Å². The maximum atomic E-state index is 12.2. The number of nitrogens with zero attached hydrogens (tertiary/aromatic N) is 2. The van der Waals surface area contributed by atoms with Gasteiger partial charge in [-0.25, -0.2) is 0 Å². The molecule has 0 saturated carbocycles. The van der Waals surface area contributed by atoms with Gasteiger partial charge < -0.3 is 9.73 Å². The third kappa shape index (κ3) is 5.11. The molecule has 0 aliphatic rings. The van der Waals surface area contributed by atoms with Gasteiger partial charge in [-0.3, -0.25) is 4.79 Å². The third-order valence-electron chi connectivity index (χ3n) is 4.23. The third-order valence-corrected chi connectivity index (χ3v) is 5.30. The Hall–Kier alpha value is -2.31. The lowest BCUT2D eigenvalue weighted by Gasteiger charge is -2.15. The van der Waals surface area contributed by atoms with Crippen molar-refractivity contribution >= 4 is 29.3 Å². The van der Waals surface area contributed by atoms with Gasteiger partial charge in [0.15, 0.2) is 0 Å². The molecular weight excluding hydrogens is 382 g/mol. The molecule has 0 bridgehead atoms. The fraction of sp³-hybridized carbons (Fsp3) is 0.250. The average Bonchev–Trinajstić information content (AvgIpc) is 3.12. The van der Waals surface area contributed by atoms with Crippen LogP contribution in [-0.2, 0) is 4.79 Å². The summed E-state index contributed by atoms with van der Waals surface area (Å²) in [6.45, 7) is 6.11. The van der Waals surface area contributed by atoms with Crippen molar-refractivity contribution in [3.63, 3.8) is 0 Å². The van der Waals surface area contributed by atoms with E-state index in [4.69, 9.17) is 16.0 Å². The van der Waals surface area contributed by atoms with Gasteiger partial charge in [-0.2, -0.15) is 0 Å². The molecule has 27 heavy (non-hydrogen) atoms. The molecule has 0 unspecified atom stereocenters. The van der Waals surface area contributed by atoms with Gasteiger partial charge in [0, 0.05) is 10.6 Å². The molecule has 0 radical (unpaired) electrons. The fourth-order valence-corrected chi connectivity index (χ4v) is 3.21. The van der Waals surface area contributed by atoms with Crippen molar-refractivity contribution in [2.75, 3.05) is 5.75 Å². The quantitative estimate of drug-likeness (QED) is 0.590. The fourth-order valence-electron chi connectivity index (χ4n) is 2.50. The molecule has 140 valence electrons. The normalized spacial score (nSPS) is 12.0. The van der Waals surface area contributed by atoms with E-state index in [2.05, 4.69) is 41.5 Å². The number of halogens is 1. The van der Waals surface area contributed by atoms with Crippen molar-refractivity contribution in [3.8, 4) is 11.5 Å². The number of rotatable bonds is 6. The van der Waals surface area contributed by atoms with Crippen molar-refractivity contribution in [3.05, 3.63) is 64.2 Å². The maximum Gasteiger partial charge on any atom is 0.277 e. The molecular formula is C20H20ClN3O2S. The van der Waals surface area contributed by atoms with Gasteiger partial charge in [0.05, 0.1) is 11.8 Å². The molecule has 2 aromatic carbocycles. The minimum Gasteiger partial charge on any atom is -0.411 e. The van der Waals surface area contributed by atoms with E-state index in [-0.39, 0.29) is 17.7 Å². The molecule has 0 saturated heterocycles. The number of carbonyl (C=O) groups excluding carboxylic acids is 1. The summed E-state index contributed by atoms with van der Waals surface area (Å²) in [7, 11) is 0. The van der Waals surface area contributed by atoms with Crippen LogP contribution in [0.3, 0.4) is 0 Å². The molecule has 1 atom stereocenters. The summed E-state index contributed by atoms with van der Waals surface area (Å²) in [5.41, 5.74) is 4.31.